The highest BCUT2D eigenvalue weighted by atomic mass is 80.0. The van der Waals surface area contributed by atoms with Crippen LogP contribution in [0.15, 0.2) is 18.2 Å². The Kier molecular flexibility index (Phi) is 9.14. The fourth-order valence-electron chi connectivity index (χ4n) is 1.51. The van der Waals surface area contributed by atoms with Gasteiger partial charge in [0.1, 0.15) is 0 Å². The van der Waals surface area contributed by atoms with Crippen molar-refractivity contribution in [1.29, 1.82) is 0 Å². The van der Waals surface area contributed by atoms with Crippen molar-refractivity contribution in [3.8, 4) is 0 Å². The van der Waals surface area contributed by atoms with E-state index in [0.29, 0.717) is 0 Å². The summed E-state index contributed by atoms with van der Waals surface area (Å²) in [6.45, 7) is 0. The quantitative estimate of drug-likeness (QED) is 0.231. The van der Waals surface area contributed by atoms with Gasteiger partial charge in [-0.05, 0) is 18.2 Å². The highest BCUT2D eigenvalue weighted by Crippen LogP contribution is 2.41. The molecule has 0 aromatic heterocycles. The molecule has 0 amide bonds. The summed E-state index contributed by atoms with van der Waals surface area (Å²) >= 11 is 28.3. The van der Waals surface area contributed by atoms with E-state index in [-0.39, 0.29) is 16.7 Å². The Morgan fingerprint density at radius 2 is 0.667 bits per heavy atom. The van der Waals surface area contributed by atoms with E-state index in [1.807, 2.05) is 0 Å². The van der Waals surface area contributed by atoms with Crippen LogP contribution in [0.4, 0.5) is 0 Å². The Hall–Kier alpha value is 2.55. The molecule has 1 rings (SSSR count). The SMILES string of the molecule is O=C(c1cc(C(=O)C(Br)(Br)Br)cc(C(=O)C(Br)(Br)Br)c1)C(Br)(Br)Br. The van der Waals surface area contributed by atoms with Crippen LogP contribution in [0.3, 0.4) is 0 Å². The maximum Gasteiger partial charge on any atom is 0.201 e. The van der Waals surface area contributed by atoms with Gasteiger partial charge in [-0.1, -0.05) is 143 Å². The number of rotatable bonds is 3. The molecule has 0 spiro atoms. The maximum absolute atomic E-state index is 12.5. The number of Topliss-reactive ketones (excluding diaryl/α,β-unsaturated/α-hetero) is 3. The first-order chi connectivity index (χ1) is 10.5. The molecule has 0 fully saturated rings. The molecule has 0 saturated carbocycles. The van der Waals surface area contributed by atoms with Crippen LogP contribution in [-0.4, -0.2) is 23.8 Å². The first-order valence-electron chi connectivity index (χ1n) is 5.55. The molecule has 0 aliphatic rings. The maximum atomic E-state index is 12.5. The molecule has 24 heavy (non-hydrogen) atoms. The molecule has 12 heteroatoms. The van der Waals surface area contributed by atoms with Crippen LogP contribution < -0.4 is 0 Å². The molecule has 132 valence electrons. The molecule has 3 nitrogen and oxygen atoms in total. The highest BCUT2D eigenvalue weighted by molar-refractivity contribution is 9.40. The van der Waals surface area contributed by atoms with Gasteiger partial charge in [-0.3, -0.25) is 14.4 Å². The number of ketones is 3. The predicted octanol–water partition coefficient (Wildman–Crippen LogP) is 7.75. The summed E-state index contributed by atoms with van der Waals surface area (Å²) < 4.78 is -3.63. The Balaban J connectivity index is 3.60. The van der Waals surface area contributed by atoms with Crippen molar-refractivity contribution in [2.24, 2.45) is 0 Å². The summed E-state index contributed by atoms with van der Waals surface area (Å²) in [6.07, 6.45) is 0. The van der Waals surface area contributed by atoms with Gasteiger partial charge in [-0.2, -0.15) is 0 Å². The lowest BCUT2D eigenvalue weighted by Gasteiger charge is -2.17. The summed E-state index contributed by atoms with van der Waals surface area (Å²) in [4.78, 5) is 37.4. The summed E-state index contributed by atoms with van der Waals surface area (Å²) in [7, 11) is 0. The van der Waals surface area contributed by atoms with Crippen molar-refractivity contribution in [3.63, 3.8) is 0 Å². The normalized spacial score (nSPS) is 12.9. The molecule has 0 unspecified atom stereocenters. The van der Waals surface area contributed by atoms with Gasteiger partial charge in [-0.15, -0.1) is 0 Å². The van der Waals surface area contributed by atoms with Crippen molar-refractivity contribution < 1.29 is 14.4 Å². The second-order valence-electron chi connectivity index (χ2n) is 4.28. The van der Waals surface area contributed by atoms with Gasteiger partial charge in [-0.25, -0.2) is 0 Å². The molecule has 1 aromatic carbocycles. The van der Waals surface area contributed by atoms with Gasteiger partial charge >= 0.3 is 0 Å². The number of carbonyl (C=O) groups excluding carboxylic acids is 3. The van der Waals surface area contributed by atoms with Gasteiger partial charge in [0.05, 0.1) is 0 Å². The highest BCUT2D eigenvalue weighted by Gasteiger charge is 2.36. The van der Waals surface area contributed by atoms with E-state index < -0.39 is 23.8 Å². The van der Waals surface area contributed by atoms with Crippen LogP contribution in [0.5, 0.6) is 0 Å². The Bertz CT molecular complexity index is 588. The van der Waals surface area contributed by atoms with Gasteiger partial charge < -0.3 is 0 Å². The van der Waals surface area contributed by atoms with E-state index in [1.54, 1.807) is 0 Å². The molecule has 0 saturated heterocycles. The van der Waals surface area contributed by atoms with Crippen LogP contribution in [0.25, 0.3) is 0 Å². The molecule has 0 radical (unpaired) electrons. The third-order valence-electron chi connectivity index (χ3n) is 2.49. The number of hydrogen-bond acceptors (Lipinski definition) is 3. The van der Waals surface area contributed by atoms with Gasteiger partial charge in [0.2, 0.25) is 17.3 Å². The van der Waals surface area contributed by atoms with Crippen molar-refractivity contribution in [1.82, 2.24) is 0 Å². The van der Waals surface area contributed by atoms with Crippen molar-refractivity contribution >= 4 is 161 Å². The summed E-state index contributed by atoms with van der Waals surface area (Å²) in [5.74, 6) is -1.25. The fourth-order valence-corrected chi connectivity index (χ4v) is 3.57. The number of carbonyl (C=O) groups is 3. The largest absolute Gasteiger partial charge is 0.291 e. The zero-order chi connectivity index (χ0) is 19.1. The van der Waals surface area contributed by atoms with E-state index in [1.165, 1.54) is 18.2 Å². The zero-order valence-corrected chi connectivity index (χ0v) is 25.1. The van der Waals surface area contributed by atoms with Crippen molar-refractivity contribution in [2.45, 2.75) is 6.43 Å². The molecule has 0 aliphatic carbocycles. The van der Waals surface area contributed by atoms with Crippen LogP contribution >= 0.6 is 143 Å². The minimum absolute atomic E-state index is 0.156. The van der Waals surface area contributed by atoms with E-state index in [4.69, 9.17) is 0 Å². The lowest BCUT2D eigenvalue weighted by molar-refractivity contribution is 0.101. The van der Waals surface area contributed by atoms with Gasteiger partial charge in [0.25, 0.3) is 0 Å². The van der Waals surface area contributed by atoms with Crippen LogP contribution in [-0.2, 0) is 0 Å². The third-order valence-corrected chi connectivity index (χ3v) is 5.73. The average Bonchev–Trinajstić information content (AvgIpc) is 2.41. The van der Waals surface area contributed by atoms with Crippen molar-refractivity contribution in [3.05, 3.63) is 34.9 Å². The number of alkyl halides is 9. The first kappa shape index (κ1) is 24.6. The minimum Gasteiger partial charge on any atom is -0.291 e. The summed E-state index contributed by atoms with van der Waals surface area (Å²) in [5.41, 5.74) is 0.468. The van der Waals surface area contributed by atoms with Crippen LogP contribution in [0, 0.1) is 0 Å². The topological polar surface area (TPSA) is 51.2 Å². The smallest absolute Gasteiger partial charge is 0.201 e. The lowest BCUT2D eigenvalue weighted by Crippen LogP contribution is -2.23. The first-order valence-corrected chi connectivity index (χ1v) is 12.7. The molecular formula is C12H3Br9O3. The van der Waals surface area contributed by atoms with Crippen molar-refractivity contribution in [2.75, 3.05) is 0 Å². The summed E-state index contributed by atoms with van der Waals surface area (Å²) in [6, 6.07) is 4.20. The monoisotopic (exact) mass is 905 g/mol. The standard InChI is InChI=1S/C12H3Br9O3/c13-10(14,15)7(22)4-1-5(8(23)11(16,17)18)3-6(2-4)9(24)12(19,20)21/h1-3H. The molecule has 0 atom stereocenters. The van der Waals surface area contributed by atoms with E-state index >= 15 is 0 Å². The molecular weight excluding hydrogens is 911 g/mol. The molecule has 1 aromatic rings. The number of halogens is 9. The number of benzene rings is 1. The number of hydrogen-bond donors (Lipinski definition) is 0. The van der Waals surface area contributed by atoms with E-state index in [9.17, 15) is 14.4 Å². The molecule has 0 heterocycles. The second-order valence-corrected chi connectivity index (χ2v) is 24.6. The van der Waals surface area contributed by atoms with Crippen LogP contribution in [0.1, 0.15) is 31.1 Å². The Morgan fingerprint density at radius 1 is 0.500 bits per heavy atom. The zero-order valence-electron chi connectivity index (χ0n) is 10.9. The predicted molar refractivity (Wildman–Crippen MR) is 128 cm³/mol. The Labute approximate surface area is 213 Å². The van der Waals surface area contributed by atoms with Gasteiger partial charge in [0.15, 0.2) is 6.43 Å². The Morgan fingerprint density at radius 3 is 0.792 bits per heavy atom. The fraction of sp³-hybridized carbons (Fsp3) is 0.250. The summed E-state index contributed by atoms with van der Waals surface area (Å²) in [5, 5.41) is 0. The molecule has 0 bridgehead atoms. The van der Waals surface area contributed by atoms with E-state index in [2.05, 4.69) is 143 Å². The van der Waals surface area contributed by atoms with Gasteiger partial charge in [0, 0.05) is 16.7 Å². The molecule has 0 aliphatic heterocycles. The third kappa shape index (κ3) is 6.86. The minimum atomic E-state index is -1.21. The molecule has 0 N–H and O–H groups in total. The van der Waals surface area contributed by atoms with E-state index in [0.717, 1.165) is 0 Å². The van der Waals surface area contributed by atoms with Crippen LogP contribution in [0.2, 0.25) is 0 Å². The lowest BCUT2D eigenvalue weighted by atomic mass is 9.99. The second kappa shape index (κ2) is 8.92. The average molecular weight is 914 g/mol.